The second-order valence-electron chi connectivity index (χ2n) is 7.44. The second-order valence-corrected chi connectivity index (χ2v) is 9.27. The Bertz CT molecular complexity index is 1800. The number of fused-ring (bicyclic) bond motifs is 6. The Morgan fingerprint density at radius 3 is 0.912 bits per heavy atom. The minimum absolute atomic E-state index is 0.0601. The predicted molar refractivity (Wildman–Crippen MR) is 131 cm³/mol. The van der Waals surface area contributed by atoms with Gasteiger partial charge in [-0.05, 0) is 24.3 Å². The first-order chi connectivity index (χ1) is 16.5. The van der Waals surface area contributed by atoms with Crippen LogP contribution in [-0.2, 0) is 0 Å². The van der Waals surface area contributed by atoms with E-state index in [1.165, 1.54) is 0 Å². The number of nitriles is 4. The molecule has 0 amide bonds. The molecule has 0 fully saturated rings. The molecule has 0 saturated carbocycles. The number of hydrogen-bond donors (Lipinski definition) is 0. The normalized spacial score (nSPS) is 11.1. The molecule has 10 heteroatoms. The maximum absolute atomic E-state index is 9.54. The fraction of sp³-hybridized carbons (Fsp3) is 0. The first-order valence-corrected chi connectivity index (χ1v) is 11.2. The Labute approximate surface area is 206 Å². The van der Waals surface area contributed by atoms with E-state index in [1.807, 2.05) is 48.5 Å². The Hall–Kier alpha value is -4.48. The van der Waals surface area contributed by atoms with Crippen LogP contribution in [0.25, 0.3) is 54.4 Å². The topological polar surface area (TPSA) is 147 Å². The molecule has 0 spiro atoms. The molecular formula is C24H4Br2N8. The van der Waals surface area contributed by atoms with Gasteiger partial charge in [0.1, 0.15) is 24.3 Å². The van der Waals surface area contributed by atoms with Crippen LogP contribution in [0.4, 0.5) is 0 Å². The van der Waals surface area contributed by atoms with Gasteiger partial charge in [0.2, 0.25) is 0 Å². The third kappa shape index (κ3) is 2.53. The predicted octanol–water partition coefficient (Wildman–Crippen LogP) is 5.48. The van der Waals surface area contributed by atoms with Crippen LogP contribution in [0.2, 0.25) is 0 Å². The van der Waals surface area contributed by atoms with Crippen molar-refractivity contribution in [2.24, 2.45) is 0 Å². The highest BCUT2D eigenvalue weighted by molar-refractivity contribution is 9.10. The van der Waals surface area contributed by atoms with E-state index in [1.54, 1.807) is 0 Å². The van der Waals surface area contributed by atoms with Crippen LogP contribution in [0.3, 0.4) is 0 Å². The van der Waals surface area contributed by atoms with Gasteiger partial charge in [0.25, 0.3) is 0 Å². The molecule has 154 valence electrons. The smallest absolute Gasteiger partial charge is 0.177 e. The third-order valence-electron chi connectivity index (χ3n) is 5.69. The van der Waals surface area contributed by atoms with Gasteiger partial charge in [-0.15, -0.1) is 0 Å². The summed E-state index contributed by atoms with van der Waals surface area (Å²) in [7, 11) is 0. The molecule has 0 bridgehead atoms. The van der Waals surface area contributed by atoms with Crippen molar-refractivity contribution in [2.45, 2.75) is 0 Å². The maximum Gasteiger partial charge on any atom is 0.177 e. The van der Waals surface area contributed by atoms with Gasteiger partial charge in [0, 0.05) is 41.3 Å². The van der Waals surface area contributed by atoms with E-state index < -0.39 is 0 Å². The van der Waals surface area contributed by atoms with E-state index in [9.17, 15) is 21.0 Å². The molecule has 0 aliphatic carbocycles. The number of halogens is 2. The quantitative estimate of drug-likeness (QED) is 0.174. The zero-order valence-electron chi connectivity index (χ0n) is 16.6. The summed E-state index contributed by atoms with van der Waals surface area (Å²) in [4.78, 5) is 18.0. The van der Waals surface area contributed by atoms with E-state index in [2.05, 4.69) is 51.8 Å². The van der Waals surface area contributed by atoms with Crippen LogP contribution in [-0.4, -0.2) is 19.9 Å². The van der Waals surface area contributed by atoms with E-state index in [-0.39, 0.29) is 22.8 Å². The van der Waals surface area contributed by atoms with Crippen LogP contribution in [0.15, 0.2) is 33.2 Å². The van der Waals surface area contributed by atoms with Crippen LogP contribution in [0, 0.1) is 45.3 Å². The Balaban J connectivity index is 2.06. The molecular weight excluding hydrogens is 560 g/mol. The Morgan fingerprint density at radius 2 is 0.706 bits per heavy atom. The fourth-order valence-electron chi connectivity index (χ4n) is 4.43. The number of nitrogens with zero attached hydrogens (tertiary/aromatic N) is 8. The molecule has 0 unspecified atom stereocenters. The summed E-state index contributed by atoms with van der Waals surface area (Å²) in [6, 6.07) is 15.3. The molecule has 4 aromatic carbocycles. The molecule has 0 aliphatic heterocycles. The van der Waals surface area contributed by atoms with Crippen LogP contribution >= 0.6 is 31.9 Å². The first kappa shape index (κ1) is 20.1. The molecule has 2 aromatic heterocycles. The molecule has 0 aliphatic rings. The van der Waals surface area contributed by atoms with Crippen LogP contribution < -0.4 is 0 Å². The van der Waals surface area contributed by atoms with Gasteiger partial charge >= 0.3 is 0 Å². The standard InChI is InChI=1S/C24H4Br2N8/c25-9-1-11-19-12(2-9)23-24(34-18(8-30)17(7-29)33-23)14-4-10(26)3-13(20(14)19)22-21(11)31-15(5-27)16(6-28)32-22/h1-4H. The Morgan fingerprint density at radius 1 is 0.471 bits per heavy atom. The van der Waals surface area contributed by atoms with Gasteiger partial charge in [0.15, 0.2) is 22.8 Å². The number of rotatable bonds is 0. The first-order valence-electron chi connectivity index (χ1n) is 9.62. The third-order valence-corrected chi connectivity index (χ3v) is 6.61. The molecule has 8 nitrogen and oxygen atoms in total. The minimum Gasteiger partial charge on any atom is -0.232 e. The molecule has 6 aromatic rings. The maximum atomic E-state index is 9.54. The van der Waals surface area contributed by atoms with Crippen LogP contribution in [0.5, 0.6) is 0 Å². The summed E-state index contributed by atoms with van der Waals surface area (Å²) in [5, 5.41) is 42.6. The molecule has 6 rings (SSSR count). The molecule has 0 N–H and O–H groups in total. The summed E-state index contributed by atoms with van der Waals surface area (Å²) in [6.07, 6.45) is 0. The van der Waals surface area contributed by atoms with Gasteiger partial charge < -0.3 is 0 Å². The fourth-order valence-corrected chi connectivity index (χ4v) is 5.35. The van der Waals surface area contributed by atoms with Gasteiger partial charge in [0.05, 0.1) is 22.1 Å². The van der Waals surface area contributed by atoms with Gasteiger partial charge in [-0.2, -0.15) is 21.0 Å². The zero-order chi connectivity index (χ0) is 23.7. The molecule has 34 heavy (non-hydrogen) atoms. The number of hydrogen-bond acceptors (Lipinski definition) is 8. The Kier molecular flexibility index (Phi) is 4.15. The highest BCUT2D eigenvalue weighted by atomic mass is 79.9. The van der Waals surface area contributed by atoms with Crippen molar-refractivity contribution in [1.29, 1.82) is 21.0 Å². The average molecular weight is 564 g/mol. The highest BCUT2D eigenvalue weighted by Gasteiger charge is 2.23. The lowest BCUT2D eigenvalue weighted by molar-refractivity contribution is 1.20. The van der Waals surface area contributed by atoms with E-state index >= 15 is 0 Å². The molecule has 0 saturated heterocycles. The van der Waals surface area contributed by atoms with Crippen LogP contribution in [0.1, 0.15) is 22.8 Å². The van der Waals surface area contributed by atoms with Crippen molar-refractivity contribution < 1.29 is 0 Å². The van der Waals surface area contributed by atoms with Gasteiger partial charge in [-0.25, -0.2) is 19.9 Å². The summed E-state index contributed by atoms with van der Waals surface area (Å²) >= 11 is 7.09. The van der Waals surface area contributed by atoms with E-state index in [0.29, 0.717) is 43.6 Å². The lowest BCUT2D eigenvalue weighted by Crippen LogP contribution is -2.01. The summed E-state index contributed by atoms with van der Waals surface area (Å²) < 4.78 is 1.44. The average Bonchev–Trinajstić information content (AvgIpc) is 2.85. The van der Waals surface area contributed by atoms with Gasteiger partial charge in [-0.1, -0.05) is 31.9 Å². The van der Waals surface area contributed by atoms with Crippen molar-refractivity contribution in [3.05, 3.63) is 56.0 Å². The minimum atomic E-state index is -0.0601. The molecule has 0 radical (unpaired) electrons. The van der Waals surface area contributed by atoms with E-state index in [0.717, 1.165) is 19.7 Å². The lowest BCUT2D eigenvalue weighted by atomic mass is 9.91. The van der Waals surface area contributed by atoms with Crippen molar-refractivity contribution >= 4 is 86.2 Å². The highest BCUT2D eigenvalue weighted by Crippen LogP contribution is 2.45. The van der Waals surface area contributed by atoms with Crippen molar-refractivity contribution in [3.63, 3.8) is 0 Å². The molecule has 0 atom stereocenters. The largest absolute Gasteiger partial charge is 0.232 e. The number of benzene rings is 4. The van der Waals surface area contributed by atoms with E-state index in [4.69, 9.17) is 0 Å². The van der Waals surface area contributed by atoms with Crippen molar-refractivity contribution in [3.8, 4) is 24.3 Å². The zero-order valence-corrected chi connectivity index (χ0v) is 19.8. The summed E-state index contributed by atoms with van der Waals surface area (Å²) in [5.41, 5.74) is 1.63. The number of aromatic nitrogens is 4. The van der Waals surface area contributed by atoms with Gasteiger partial charge in [-0.3, -0.25) is 0 Å². The SMILES string of the molecule is N#Cc1nc2c3cc(Br)cc4c5nc(C#N)c(C#N)nc5c5cc(Br)cc(c2nc1C#N)c5c34. The van der Waals surface area contributed by atoms with Crippen molar-refractivity contribution in [1.82, 2.24) is 19.9 Å². The second kappa shape index (κ2) is 7.01. The monoisotopic (exact) mass is 562 g/mol. The molecule has 2 heterocycles. The summed E-state index contributed by atoms with van der Waals surface area (Å²) in [6.45, 7) is 0. The van der Waals surface area contributed by atoms with Crippen molar-refractivity contribution in [2.75, 3.05) is 0 Å². The summed E-state index contributed by atoms with van der Waals surface area (Å²) in [5.74, 6) is 0. The lowest BCUT2D eigenvalue weighted by Gasteiger charge is -2.17.